The first-order chi connectivity index (χ1) is 8.83. The first kappa shape index (κ1) is 13.8. The zero-order chi connectivity index (χ0) is 12.8. The highest BCUT2D eigenvalue weighted by atomic mass is 32.2. The average molecular weight is 263 g/mol. The standard InChI is InChI=1S/C16H25NS/c1-3-13-9-11-14(12-10-13)17-15-7-5-6-8-16(15)18-4-2/h5-8,13-14,17H,3-4,9-12H2,1-2H3. The maximum absolute atomic E-state index is 3.76. The number of benzene rings is 1. The van der Waals surface area contributed by atoms with Crippen molar-refractivity contribution in [3.8, 4) is 0 Å². The molecule has 100 valence electrons. The molecule has 0 atom stereocenters. The normalized spacial score (nSPS) is 23.9. The van der Waals surface area contributed by atoms with E-state index < -0.39 is 0 Å². The van der Waals surface area contributed by atoms with Gasteiger partial charge in [0.15, 0.2) is 0 Å². The van der Waals surface area contributed by atoms with Crippen LogP contribution in [0.2, 0.25) is 0 Å². The van der Waals surface area contributed by atoms with Gasteiger partial charge in [0.1, 0.15) is 0 Å². The smallest absolute Gasteiger partial charge is 0.0480 e. The Hall–Kier alpha value is -0.630. The number of rotatable bonds is 5. The highest BCUT2D eigenvalue weighted by molar-refractivity contribution is 7.99. The highest BCUT2D eigenvalue weighted by Crippen LogP contribution is 2.32. The zero-order valence-corrected chi connectivity index (χ0v) is 12.4. The van der Waals surface area contributed by atoms with Crippen LogP contribution in [0.15, 0.2) is 29.2 Å². The molecule has 0 aliphatic heterocycles. The van der Waals surface area contributed by atoms with Gasteiger partial charge in [0.05, 0.1) is 0 Å². The summed E-state index contributed by atoms with van der Waals surface area (Å²) in [6.45, 7) is 4.54. The van der Waals surface area contributed by atoms with Crippen LogP contribution in [0.1, 0.15) is 46.0 Å². The monoisotopic (exact) mass is 263 g/mol. The molecule has 0 saturated heterocycles. The summed E-state index contributed by atoms with van der Waals surface area (Å²) in [6, 6.07) is 9.42. The molecule has 1 N–H and O–H groups in total. The van der Waals surface area contributed by atoms with Crippen molar-refractivity contribution < 1.29 is 0 Å². The van der Waals surface area contributed by atoms with Crippen LogP contribution < -0.4 is 5.32 Å². The van der Waals surface area contributed by atoms with Crippen LogP contribution in [-0.2, 0) is 0 Å². The summed E-state index contributed by atoms with van der Waals surface area (Å²) >= 11 is 1.93. The number of hydrogen-bond acceptors (Lipinski definition) is 2. The molecule has 0 unspecified atom stereocenters. The predicted octanol–water partition coefficient (Wildman–Crippen LogP) is 5.18. The van der Waals surface area contributed by atoms with E-state index in [0.29, 0.717) is 6.04 Å². The predicted molar refractivity (Wildman–Crippen MR) is 82.5 cm³/mol. The number of hydrogen-bond donors (Lipinski definition) is 1. The molecule has 1 aromatic rings. The fraction of sp³-hybridized carbons (Fsp3) is 0.625. The van der Waals surface area contributed by atoms with Crippen LogP contribution in [0.25, 0.3) is 0 Å². The average Bonchev–Trinajstić information content (AvgIpc) is 2.42. The van der Waals surface area contributed by atoms with Gasteiger partial charge >= 0.3 is 0 Å². The lowest BCUT2D eigenvalue weighted by atomic mass is 9.84. The maximum atomic E-state index is 3.76. The Morgan fingerprint density at radius 3 is 2.50 bits per heavy atom. The Labute approximate surface area is 116 Å². The Morgan fingerprint density at radius 1 is 1.11 bits per heavy atom. The van der Waals surface area contributed by atoms with Gasteiger partial charge in [-0.2, -0.15) is 0 Å². The third-order valence-electron chi connectivity index (χ3n) is 3.97. The lowest BCUT2D eigenvalue weighted by Crippen LogP contribution is -2.26. The van der Waals surface area contributed by atoms with Gasteiger partial charge in [-0.15, -0.1) is 11.8 Å². The first-order valence-electron chi connectivity index (χ1n) is 7.31. The molecule has 1 aliphatic carbocycles. The van der Waals surface area contributed by atoms with Crippen molar-refractivity contribution in [2.24, 2.45) is 5.92 Å². The summed E-state index contributed by atoms with van der Waals surface area (Å²) in [5.41, 5.74) is 1.34. The molecule has 0 heterocycles. The van der Waals surface area contributed by atoms with Gasteiger partial charge in [-0.3, -0.25) is 0 Å². The van der Waals surface area contributed by atoms with E-state index in [1.54, 1.807) is 0 Å². The second-order valence-electron chi connectivity index (χ2n) is 5.20. The van der Waals surface area contributed by atoms with E-state index in [4.69, 9.17) is 0 Å². The molecule has 0 bridgehead atoms. The summed E-state index contributed by atoms with van der Waals surface area (Å²) in [5, 5.41) is 3.76. The molecule has 18 heavy (non-hydrogen) atoms. The highest BCUT2D eigenvalue weighted by Gasteiger charge is 2.20. The van der Waals surface area contributed by atoms with Crippen LogP contribution in [-0.4, -0.2) is 11.8 Å². The third-order valence-corrected chi connectivity index (χ3v) is 4.93. The summed E-state index contributed by atoms with van der Waals surface area (Å²) in [4.78, 5) is 1.40. The van der Waals surface area contributed by atoms with Crippen molar-refractivity contribution >= 4 is 17.4 Å². The van der Waals surface area contributed by atoms with Crippen molar-refractivity contribution in [2.75, 3.05) is 11.1 Å². The van der Waals surface area contributed by atoms with Crippen LogP contribution in [0.3, 0.4) is 0 Å². The van der Waals surface area contributed by atoms with Crippen LogP contribution in [0.5, 0.6) is 0 Å². The molecule has 0 spiro atoms. The quantitative estimate of drug-likeness (QED) is 0.735. The minimum Gasteiger partial charge on any atom is -0.381 e. The molecule has 0 aromatic heterocycles. The molecule has 1 aromatic carbocycles. The Bertz CT molecular complexity index is 356. The largest absolute Gasteiger partial charge is 0.381 e. The second-order valence-corrected chi connectivity index (χ2v) is 6.51. The third kappa shape index (κ3) is 3.68. The van der Waals surface area contributed by atoms with E-state index in [9.17, 15) is 0 Å². The molecule has 2 rings (SSSR count). The lowest BCUT2D eigenvalue weighted by Gasteiger charge is -2.29. The summed E-state index contributed by atoms with van der Waals surface area (Å²) in [7, 11) is 0. The Balaban J connectivity index is 1.93. The van der Waals surface area contributed by atoms with Crippen molar-refractivity contribution in [3.05, 3.63) is 24.3 Å². The molecule has 1 aliphatic rings. The van der Waals surface area contributed by atoms with E-state index in [1.807, 2.05) is 11.8 Å². The van der Waals surface area contributed by atoms with Crippen molar-refractivity contribution in [1.29, 1.82) is 0 Å². The summed E-state index contributed by atoms with van der Waals surface area (Å²) in [5.74, 6) is 2.12. The Morgan fingerprint density at radius 2 is 1.83 bits per heavy atom. The minimum absolute atomic E-state index is 0.686. The van der Waals surface area contributed by atoms with Gasteiger partial charge in [-0.1, -0.05) is 32.4 Å². The number of anilines is 1. The zero-order valence-electron chi connectivity index (χ0n) is 11.6. The molecule has 0 radical (unpaired) electrons. The minimum atomic E-state index is 0.686. The second kappa shape index (κ2) is 7.08. The van der Waals surface area contributed by atoms with Gasteiger partial charge in [-0.25, -0.2) is 0 Å². The molecular weight excluding hydrogens is 238 g/mol. The van der Waals surface area contributed by atoms with Crippen molar-refractivity contribution in [3.63, 3.8) is 0 Å². The van der Waals surface area contributed by atoms with E-state index >= 15 is 0 Å². The molecular formula is C16H25NS. The fourth-order valence-corrected chi connectivity index (χ4v) is 3.57. The van der Waals surface area contributed by atoms with Gasteiger partial charge in [0, 0.05) is 16.6 Å². The van der Waals surface area contributed by atoms with Gasteiger partial charge in [0.2, 0.25) is 0 Å². The van der Waals surface area contributed by atoms with Gasteiger partial charge in [-0.05, 0) is 49.5 Å². The van der Waals surface area contributed by atoms with Crippen molar-refractivity contribution in [2.45, 2.75) is 56.9 Å². The van der Waals surface area contributed by atoms with E-state index in [1.165, 1.54) is 42.7 Å². The molecule has 1 fully saturated rings. The lowest BCUT2D eigenvalue weighted by molar-refractivity contribution is 0.330. The fourth-order valence-electron chi connectivity index (χ4n) is 2.80. The number of nitrogens with one attached hydrogen (secondary N) is 1. The number of thioether (sulfide) groups is 1. The van der Waals surface area contributed by atoms with Crippen LogP contribution in [0.4, 0.5) is 5.69 Å². The molecule has 1 nitrogen and oxygen atoms in total. The summed E-state index contributed by atoms with van der Waals surface area (Å²) in [6.07, 6.45) is 6.83. The van der Waals surface area contributed by atoms with E-state index in [0.717, 1.165) is 11.7 Å². The van der Waals surface area contributed by atoms with Crippen LogP contribution >= 0.6 is 11.8 Å². The molecule has 0 amide bonds. The van der Waals surface area contributed by atoms with E-state index in [-0.39, 0.29) is 0 Å². The maximum Gasteiger partial charge on any atom is 0.0480 e. The topological polar surface area (TPSA) is 12.0 Å². The SMILES string of the molecule is CCSc1ccccc1NC1CCC(CC)CC1. The Kier molecular flexibility index (Phi) is 5.43. The van der Waals surface area contributed by atoms with Gasteiger partial charge < -0.3 is 5.32 Å². The first-order valence-corrected chi connectivity index (χ1v) is 8.30. The number of para-hydroxylation sites is 1. The molecule has 1 saturated carbocycles. The summed E-state index contributed by atoms with van der Waals surface area (Å²) < 4.78 is 0. The van der Waals surface area contributed by atoms with Crippen LogP contribution in [0, 0.1) is 5.92 Å². The van der Waals surface area contributed by atoms with Gasteiger partial charge in [0.25, 0.3) is 0 Å². The van der Waals surface area contributed by atoms with Crippen molar-refractivity contribution in [1.82, 2.24) is 0 Å². The molecule has 2 heteroatoms. The van der Waals surface area contributed by atoms with E-state index in [2.05, 4.69) is 43.4 Å².